The predicted molar refractivity (Wildman–Crippen MR) is 114 cm³/mol. The molecule has 32 heavy (non-hydrogen) atoms. The van der Waals surface area contributed by atoms with Gasteiger partial charge in [-0.25, -0.2) is 17.5 Å². The molecule has 2 atom stereocenters. The molecule has 2 N–H and O–H groups in total. The van der Waals surface area contributed by atoms with Crippen molar-refractivity contribution in [3.8, 4) is 0 Å². The van der Waals surface area contributed by atoms with Gasteiger partial charge in [0, 0.05) is 5.03 Å². The van der Waals surface area contributed by atoms with Crippen molar-refractivity contribution >= 4 is 51.1 Å². The highest BCUT2D eigenvalue weighted by Crippen LogP contribution is 2.48. The van der Waals surface area contributed by atoms with Gasteiger partial charge in [-0.05, 0) is 29.7 Å². The van der Waals surface area contributed by atoms with Crippen LogP contribution in [0.25, 0.3) is 0 Å². The highest BCUT2D eigenvalue weighted by molar-refractivity contribution is 7.90. The molecule has 0 spiro atoms. The van der Waals surface area contributed by atoms with Crippen LogP contribution < -0.4 is 0 Å². The largest absolute Gasteiger partial charge is 0.484 e. The fourth-order valence-electron chi connectivity index (χ4n) is 3.73. The summed E-state index contributed by atoms with van der Waals surface area (Å²) in [5.74, 6) is -6.05. The number of hydrogen-bond donors (Lipinski definition) is 2. The van der Waals surface area contributed by atoms with Crippen molar-refractivity contribution in [2.75, 3.05) is 13.2 Å². The van der Waals surface area contributed by atoms with Gasteiger partial charge in [0.1, 0.15) is 21.4 Å². The van der Waals surface area contributed by atoms with Gasteiger partial charge in [-0.1, -0.05) is 37.6 Å². The van der Waals surface area contributed by atoms with Crippen LogP contribution in [0.2, 0.25) is 0 Å². The van der Waals surface area contributed by atoms with Gasteiger partial charge < -0.3 is 14.9 Å². The first-order valence-electron chi connectivity index (χ1n) is 9.36. The highest BCUT2D eigenvalue weighted by atomic mass is 35.5. The molecular weight excluding hydrogens is 485 g/mol. The van der Waals surface area contributed by atoms with Gasteiger partial charge in [0.2, 0.25) is 0 Å². The molecule has 1 aliphatic heterocycles. The molecule has 0 saturated heterocycles. The van der Waals surface area contributed by atoms with E-state index in [1.165, 1.54) is 30.3 Å². The average molecular weight is 504 g/mol. The Morgan fingerprint density at radius 1 is 1.25 bits per heavy atom. The summed E-state index contributed by atoms with van der Waals surface area (Å²) >= 11 is 13.0. The number of carboxylic acid groups (broad SMARTS) is 2. The number of amides is 1. The van der Waals surface area contributed by atoms with Gasteiger partial charge in [0.05, 0.1) is 12.1 Å². The Balaban J connectivity index is 2.19. The maximum Gasteiger partial charge on any atom is 0.341 e. The summed E-state index contributed by atoms with van der Waals surface area (Å²) in [6.45, 7) is 1.73. The summed E-state index contributed by atoms with van der Waals surface area (Å²) in [6.07, 6.45) is 1.32. The van der Waals surface area contributed by atoms with Gasteiger partial charge in [-0.15, -0.1) is 11.6 Å². The van der Waals surface area contributed by atoms with E-state index >= 15 is 0 Å². The van der Waals surface area contributed by atoms with Crippen molar-refractivity contribution in [1.29, 1.82) is 0 Å². The molecule has 12 heteroatoms. The van der Waals surface area contributed by atoms with Crippen LogP contribution in [-0.2, 0) is 24.3 Å². The fraction of sp³-hybridized carbons (Fsp3) is 0.350. The molecular formula is C20H19Cl2NO8S. The van der Waals surface area contributed by atoms with Crippen LogP contribution in [0.3, 0.4) is 0 Å². The zero-order valence-corrected chi connectivity index (χ0v) is 19.2. The summed E-state index contributed by atoms with van der Waals surface area (Å²) in [7, 11) is -4.34. The van der Waals surface area contributed by atoms with Crippen molar-refractivity contribution in [2.45, 2.75) is 23.6 Å². The molecule has 3 rings (SSSR count). The van der Waals surface area contributed by atoms with Gasteiger partial charge in [0.25, 0.3) is 15.9 Å². The van der Waals surface area contributed by atoms with E-state index in [1.54, 1.807) is 13.8 Å². The molecule has 1 amide bonds. The summed E-state index contributed by atoms with van der Waals surface area (Å²) in [5, 5.41) is 18.7. The maximum absolute atomic E-state index is 13.1. The van der Waals surface area contributed by atoms with Crippen molar-refractivity contribution in [2.24, 2.45) is 11.8 Å². The lowest BCUT2D eigenvalue weighted by atomic mass is 9.79. The number of ether oxygens (including phenoxy) is 1. The van der Waals surface area contributed by atoms with Crippen LogP contribution in [0, 0.1) is 11.8 Å². The number of benzene rings is 1. The second kappa shape index (κ2) is 8.42. The predicted octanol–water partition coefficient (Wildman–Crippen LogP) is 2.66. The summed E-state index contributed by atoms with van der Waals surface area (Å²) < 4.78 is 32.0. The molecule has 1 aromatic carbocycles. The molecule has 0 bridgehead atoms. The molecule has 1 aliphatic carbocycles. The number of sulfonamides is 1. The van der Waals surface area contributed by atoms with Crippen LogP contribution >= 0.6 is 23.2 Å². The fourth-order valence-corrected chi connectivity index (χ4v) is 6.36. The lowest BCUT2D eigenvalue weighted by Gasteiger charge is -2.40. The van der Waals surface area contributed by atoms with Gasteiger partial charge >= 0.3 is 11.9 Å². The van der Waals surface area contributed by atoms with E-state index in [9.17, 15) is 27.9 Å². The molecule has 0 saturated carbocycles. The van der Waals surface area contributed by atoms with Gasteiger partial charge in [-0.2, -0.15) is 0 Å². The van der Waals surface area contributed by atoms with Gasteiger partial charge in [-0.3, -0.25) is 9.59 Å². The van der Waals surface area contributed by atoms with E-state index in [4.69, 9.17) is 33.0 Å². The smallest absolute Gasteiger partial charge is 0.341 e. The van der Waals surface area contributed by atoms with Crippen molar-refractivity contribution in [3.63, 3.8) is 0 Å². The molecule has 2 aliphatic rings. The van der Waals surface area contributed by atoms with Crippen molar-refractivity contribution < 1.29 is 37.8 Å². The third kappa shape index (κ3) is 3.87. The zero-order valence-electron chi connectivity index (χ0n) is 16.9. The third-order valence-corrected chi connectivity index (χ3v) is 7.78. The lowest BCUT2D eigenvalue weighted by molar-refractivity contribution is -0.142. The third-order valence-electron chi connectivity index (χ3n) is 5.16. The number of carboxylic acids is 2. The molecule has 9 nitrogen and oxygen atoms in total. The van der Waals surface area contributed by atoms with E-state index in [0.717, 1.165) is 0 Å². The minimum atomic E-state index is -4.34. The number of halogens is 2. The first kappa shape index (κ1) is 24.1. The van der Waals surface area contributed by atoms with E-state index in [-0.39, 0.29) is 27.2 Å². The number of allylic oxidation sites excluding steroid dienone is 2. The molecule has 172 valence electrons. The topological polar surface area (TPSA) is 138 Å². The number of fused-ring (bicyclic) bond motifs is 1. The quantitative estimate of drug-likeness (QED) is 0.541. The van der Waals surface area contributed by atoms with Crippen molar-refractivity contribution in [3.05, 3.63) is 52.3 Å². The molecule has 1 heterocycles. The monoisotopic (exact) mass is 503 g/mol. The van der Waals surface area contributed by atoms with E-state index in [0.29, 0.717) is 9.88 Å². The van der Waals surface area contributed by atoms with Crippen LogP contribution in [0.4, 0.5) is 0 Å². The number of nitrogens with zero attached hydrogens (tertiary/aromatic N) is 1. The van der Waals surface area contributed by atoms with E-state index in [1.807, 2.05) is 0 Å². The number of alkyl halides is 1. The maximum atomic E-state index is 13.1. The van der Waals surface area contributed by atoms with Crippen LogP contribution in [0.1, 0.15) is 24.2 Å². The molecule has 0 radical (unpaired) electrons. The Morgan fingerprint density at radius 3 is 2.41 bits per heavy atom. The Labute approximate surface area is 193 Å². The van der Waals surface area contributed by atoms with E-state index in [2.05, 4.69) is 0 Å². The summed E-state index contributed by atoms with van der Waals surface area (Å²) in [4.78, 5) is 33.7. The second-order valence-corrected chi connectivity index (χ2v) is 10.5. The average Bonchev–Trinajstić information content (AvgIpc) is 2.87. The van der Waals surface area contributed by atoms with Crippen molar-refractivity contribution in [1.82, 2.24) is 4.31 Å². The van der Waals surface area contributed by atoms with Gasteiger partial charge in [0.15, 0.2) is 6.61 Å². The molecule has 1 aromatic rings. The molecule has 2 unspecified atom stereocenters. The first-order valence-corrected chi connectivity index (χ1v) is 11.6. The standard InChI is InChI=1S/C20H19Cl2NO8S/c1-10(2)12-7-13(21)16(19(27)28)20(22,17(12)31-8-15(24)25)9-23-18(26)11-5-3-4-6-14(11)32(23,29)30/h3-7,10,16H,8-9H2,1-2H3,(H,24,25)(H,27,28). The Bertz CT molecular complexity index is 1170. The Hall–Kier alpha value is -2.56. The number of aliphatic carboxylic acids is 2. The van der Waals surface area contributed by atoms with Crippen LogP contribution in [0.15, 0.2) is 51.6 Å². The number of hydrogen-bond acceptors (Lipinski definition) is 6. The summed E-state index contributed by atoms with van der Waals surface area (Å²) in [6, 6.07) is 5.52. The van der Waals surface area contributed by atoms with Crippen LogP contribution in [-0.4, -0.2) is 58.8 Å². The first-order chi connectivity index (χ1) is 14.8. The number of carbonyl (C=O) groups is 3. The number of carbonyl (C=O) groups excluding carboxylic acids is 1. The normalized spacial score (nSPS) is 24.4. The van der Waals surface area contributed by atoms with Crippen LogP contribution in [0.5, 0.6) is 0 Å². The Kier molecular flexibility index (Phi) is 6.34. The number of rotatable bonds is 7. The summed E-state index contributed by atoms with van der Waals surface area (Å²) in [5.41, 5.74) is 0.212. The lowest BCUT2D eigenvalue weighted by Crippen LogP contribution is -2.52. The SMILES string of the molecule is CC(C)C1=C(OCC(=O)O)C(Cl)(CN2C(=O)c3ccccc3S2(=O)=O)C(C(=O)O)C(Cl)=C1. The molecule has 0 fully saturated rings. The minimum absolute atomic E-state index is 0.0850. The molecule has 0 aromatic heterocycles. The Morgan fingerprint density at radius 2 is 1.88 bits per heavy atom. The minimum Gasteiger partial charge on any atom is -0.484 e. The second-order valence-electron chi connectivity index (χ2n) is 7.60. The highest BCUT2D eigenvalue weighted by Gasteiger charge is 2.56. The zero-order chi connectivity index (χ0) is 24.0. The van der Waals surface area contributed by atoms with E-state index < -0.39 is 51.8 Å².